The van der Waals surface area contributed by atoms with E-state index in [1.165, 1.54) is 18.2 Å². The number of aromatic hydroxyl groups is 1. The maximum absolute atomic E-state index is 12.3. The van der Waals surface area contributed by atoms with Crippen LogP contribution >= 0.6 is 0 Å². The summed E-state index contributed by atoms with van der Waals surface area (Å²) in [6, 6.07) is 5.81. The zero-order valence-electron chi connectivity index (χ0n) is 7.11. The molecular formula is C10H7F2NO. The summed E-state index contributed by atoms with van der Waals surface area (Å²) in [5.41, 5.74) is 0.401. The number of aromatic nitrogens is 1. The van der Waals surface area contributed by atoms with Crippen LogP contribution in [0.4, 0.5) is 8.78 Å². The van der Waals surface area contributed by atoms with Crippen LogP contribution < -0.4 is 0 Å². The van der Waals surface area contributed by atoms with E-state index in [-0.39, 0.29) is 11.3 Å². The van der Waals surface area contributed by atoms with Crippen LogP contribution in [0.5, 0.6) is 5.75 Å². The summed E-state index contributed by atoms with van der Waals surface area (Å²) in [6.07, 6.45) is -1.40. The van der Waals surface area contributed by atoms with E-state index in [1.807, 2.05) is 0 Å². The molecule has 4 heteroatoms. The van der Waals surface area contributed by atoms with E-state index in [2.05, 4.69) is 4.98 Å². The van der Waals surface area contributed by atoms with Crippen LogP contribution in [0.1, 0.15) is 12.0 Å². The van der Waals surface area contributed by atoms with Gasteiger partial charge in [-0.1, -0.05) is 0 Å². The van der Waals surface area contributed by atoms with Gasteiger partial charge >= 0.3 is 0 Å². The van der Waals surface area contributed by atoms with Gasteiger partial charge in [0.1, 0.15) is 5.75 Å². The first kappa shape index (κ1) is 8.87. The van der Waals surface area contributed by atoms with Gasteiger partial charge in [0.05, 0.1) is 5.52 Å². The number of phenolic OH excluding ortho intramolecular Hbond substituents is 1. The highest BCUT2D eigenvalue weighted by molar-refractivity contribution is 5.80. The second-order valence-corrected chi connectivity index (χ2v) is 2.95. The molecule has 0 unspecified atom stereocenters. The van der Waals surface area contributed by atoms with Gasteiger partial charge in [-0.3, -0.25) is 4.98 Å². The number of nitrogens with zero attached hydrogens (tertiary/aromatic N) is 1. The predicted molar refractivity (Wildman–Crippen MR) is 48.4 cm³/mol. The van der Waals surface area contributed by atoms with Crippen LogP contribution in [0.25, 0.3) is 10.9 Å². The number of phenols is 1. The van der Waals surface area contributed by atoms with Crippen LogP contribution in [-0.4, -0.2) is 10.1 Å². The minimum absolute atomic E-state index is 0.0785. The zero-order chi connectivity index (χ0) is 10.1. The van der Waals surface area contributed by atoms with Crippen molar-refractivity contribution in [3.63, 3.8) is 0 Å². The first-order valence-corrected chi connectivity index (χ1v) is 4.03. The Morgan fingerprint density at radius 1 is 1.21 bits per heavy atom. The quantitative estimate of drug-likeness (QED) is 0.758. The molecule has 0 fully saturated rings. The molecule has 0 saturated carbocycles. The third-order valence-corrected chi connectivity index (χ3v) is 1.94. The van der Waals surface area contributed by atoms with Crippen molar-refractivity contribution in [3.05, 3.63) is 36.0 Å². The van der Waals surface area contributed by atoms with Gasteiger partial charge in [-0.05, 0) is 18.2 Å². The van der Waals surface area contributed by atoms with Gasteiger partial charge in [0.25, 0.3) is 6.43 Å². The Morgan fingerprint density at radius 2 is 2.00 bits per heavy atom. The van der Waals surface area contributed by atoms with Crippen LogP contribution in [0.15, 0.2) is 30.5 Å². The summed E-state index contributed by atoms with van der Waals surface area (Å²) in [6.45, 7) is 0. The lowest BCUT2D eigenvalue weighted by Crippen LogP contribution is -1.86. The summed E-state index contributed by atoms with van der Waals surface area (Å²) in [5, 5.41) is 9.72. The molecule has 1 N–H and O–H groups in total. The standard InChI is InChI=1S/C10H7F2NO/c11-10(12)7-3-6-1-2-8(14)4-9(6)13-5-7/h1-5,10,14H. The highest BCUT2D eigenvalue weighted by Crippen LogP contribution is 2.23. The second-order valence-electron chi connectivity index (χ2n) is 2.95. The van der Waals surface area contributed by atoms with Gasteiger partial charge in [0, 0.05) is 23.2 Å². The molecule has 0 aliphatic carbocycles. The number of hydrogen-bond donors (Lipinski definition) is 1. The third kappa shape index (κ3) is 1.51. The largest absolute Gasteiger partial charge is 0.508 e. The Morgan fingerprint density at radius 3 is 2.71 bits per heavy atom. The van der Waals surface area contributed by atoms with Crippen LogP contribution in [0.2, 0.25) is 0 Å². The Balaban J connectivity index is 2.62. The molecule has 0 amide bonds. The number of halogens is 2. The number of hydrogen-bond acceptors (Lipinski definition) is 2. The van der Waals surface area contributed by atoms with Crippen molar-refractivity contribution in [3.8, 4) is 5.75 Å². The van der Waals surface area contributed by atoms with E-state index in [0.717, 1.165) is 6.20 Å². The van der Waals surface area contributed by atoms with Crippen LogP contribution in [0.3, 0.4) is 0 Å². The lowest BCUT2D eigenvalue weighted by molar-refractivity contribution is 0.151. The molecule has 72 valence electrons. The maximum Gasteiger partial charge on any atom is 0.265 e. The van der Waals surface area contributed by atoms with Gasteiger partial charge < -0.3 is 5.11 Å². The Kier molecular flexibility index (Phi) is 2.04. The number of benzene rings is 1. The van der Waals surface area contributed by atoms with Gasteiger partial charge in [-0.25, -0.2) is 8.78 Å². The average molecular weight is 195 g/mol. The highest BCUT2D eigenvalue weighted by Gasteiger charge is 2.07. The zero-order valence-corrected chi connectivity index (χ0v) is 7.11. The summed E-state index contributed by atoms with van der Waals surface area (Å²) in [4.78, 5) is 3.82. The fourth-order valence-electron chi connectivity index (χ4n) is 1.25. The van der Waals surface area contributed by atoms with Crippen molar-refractivity contribution in [2.24, 2.45) is 0 Å². The molecule has 1 aromatic heterocycles. The normalized spacial score (nSPS) is 11.1. The Labute approximate surface area is 78.8 Å². The molecule has 0 aliphatic heterocycles. The molecular weight excluding hydrogens is 188 g/mol. The minimum atomic E-state index is -2.51. The molecule has 0 aliphatic rings. The van der Waals surface area contributed by atoms with Crippen molar-refractivity contribution in [2.45, 2.75) is 6.43 Å². The van der Waals surface area contributed by atoms with Crippen molar-refractivity contribution in [2.75, 3.05) is 0 Å². The monoisotopic (exact) mass is 195 g/mol. The topological polar surface area (TPSA) is 33.1 Å². The summed E-state index contributed by atoms with van der Waals surface area (Å²) in [5.74, 6) is 0.0785. The molecule has 0 bridgehead atoms. The molecule has 1 aromatic carbocycles. The van der Waals surface area contributed by atoms with Gasteiger partial charge in [0.15, 0.2) is 0 Å². The lowest BCUT2D eigenvalue weighted by Gasteiger charge is -2.01. The Hall–Kier alpha value is -1.71. The van der Waals surface area contributed by atoms with Crippen molar-refractivity contribution >= 4 is 10.9 Å². The molecule has 2 aromatic rings. The number of fused-ring (bicyclic) bond motifs is 1. The SMILES string of the molecule is Oc1ccc2cc(C(F)F)cnc2c1. The summed E-state index contributed by atoms with van der Waals surface area (Å²) < 4.78 is 24.6. The molecule has 1 heterocycles. The molecule has 0 radical (unpaired) electrons. The first-order valence-electron chi connectivity index (χ1n) is 4.03. The number of pyridine rings is 1. The predicted octanol–water partition coefficient (Wildman–Crippen LogP) is 2.88. The fraction of sp³-hybridized carbons (Fsp3) is 0.100. The van der Waals surface area contributed by atoms with Crippen LogP contribution in [-0.2, 0) is 0 Å². The fourth-order valence-corrected chi connectivity index (χ4v) is 1.25. The molecule has 2 nitrogen and oxygen atoms in total. The van der Waals surface area contributed by atoms with Crippen molar-refractivity contribution in [1.29, 1.82) is 0 Å². The van der Waals surface area contributed by atoms with Gasteiger partial charge in [0.2, 0.25) is 0 Å². The van der Waals surface area contributed by atoms with E-state index in [1.54, 1.807) is 6.07 Å². The molecule has 0 atom stereocenters. The second kappa shape index (κ2) is 3.21. The van der Waals surface area contributed by atoms with Crippen molar-refractivity contribution < 1.29 is 13.9 Å². The molecule has 0 spiro atoms. The molecule has 0 saturated heterocycles. The van der Waals surface area contributed by atoms with Crippen LogP contribution in [0, 0.1) is 0 Å². The third-order valence-electron chi connectivity index (χ3n) is 1.94. The number of rotatable bonds is 1. The number of alkyl halides is 2. The smallest absolute Gasteiger partial charge is 0.265 e. The average Bonchev–Trinajstić information content (AvgIpc) is 2.16. The molecule has 14 heavy (non-hydrogen) atoms. The van der Waals surface area contributed by atoms with Gasteiger partial charge in [-0.15, -0.1) is 0 Å². The highest BCUT2D eigenvalue weighted by atomic mass is 19.3. The summed E-state index contributed by atoms with van der Waals surface area (Å²) >= 11 is 0. The van der Waals surface area contributed by atoms with E-state index >= 15 is 0 Å². The van der Waals surface area contributed by atoms with E-state index < -0.39 is 6.43 Å². The van der Waals surface area contributed by atoms with E-state index in [0.29, 0.717) is 10.9 Å². The maximum atomic E-state index is 12.3. The minimum Gasteiger partial charge on any atom is -0.508 e. The Bertz CT molecular complexity index is 471. The van der Waals surface area contributed by atoms with Gasteiger partial charge in [-0.2, -0.15) is 0 Å². The van der Waals surface area contributed by atoms with E-state index in [9.17, 15) is 8.78 Å². The first-order chi connectivity index (χ1) is 6.66. The van der Waals surface area contributed by atoms with E-state index in [4.69, 9.17) is 5.11 Å². The molecule has 2 rings (SSSR count). The summed E-state index contributed by atoms with van der Waals surface area (Å²) in [7, 11) is 0. The lowest BCUT2D eigenvalue weighted by atomic mass is 10.1. The van der Waals surface area contributed by atoms with Crippen molar-refractivity contribution in [1.82, 2.24) is 4.98 Å².